The van der Waals surface area contributed by atoms with E-state index in [0.717, 1.165) is 17.6 Å². The van der Waals surface area contributed by atoms with Crippen molar-refractivity contribution in [1.82, 2.24) is 0 Å². The fraction of sp³-hybridized carbons (Fsp3) is 0.0833. The van der Waals surface area contributed by atoms with Crippen molar-refractivity contribution in [2.45, 2.75) is 6.42 Å². The second kappa shape index (κ2) is 3.92. The lowest BCUT2D eigenvalue weighted by Crippen LogP contribution is -2.03. The van der Waals surface area contributed by atoms with Gasteiger partial charge in [-0.25, -0.2) is 0 Å². The van der Waals surface area contributed by atoms with Crippen LogP contribution in [0.4, 0.5) is 0 Å². The molecule has 2 rings (SSSR count). The van der Waals surface area contributed by atoms with Crippen LogP contribution < -0.4 is 0 Å². The molecule has 0 saturated carbocycles. The van der Waals surface area contributed by atoms with Gasteiger partial charge in [-0.3, -0.25) is 0 Å². The lowest BCUT2D eigenvalue weighted by Gasteiger charge is -2.04. The molecule has 0 aliphatic heterocycles. The molecule has 0 atom stereocenters. The zero-order valence-electron chi connectivity index (χ0n) is 7.72. The van der Waals surface area contributed by atoms with Gasteiger partial charge >= 0.3 is 0 Å². The van der Waals surface area contributed by atoms with Gasteiger partial charge in [0.25, 0.3) is 0 Å². The summed E-state index contributed by atoms with van der Waals surface area (Å²) in [5, 5.41) is 12.3. The van der Waals surface area contributed by atoms with Crippen LogP contribution in [0.25, 0.3) is 0 Å². The first-order valence-corrected chi connectivity index (χ1v) is 4.55. The van der Waals surface area contributed by atoms with Crippen LogP contribution in [-0.2, 0) is 0 Å². The first-order valence-electron chi connectivity index (χ1n) is 4.55. The summed E-state index contributed by atoms with van der Waals surface area (Å²) in [6.07, 6.45) is 6.84. The van der Waals surface area contributed by atoms with Crippen LogP contribution in [0.1, 0.15) is 12.0 Å². The van der Waals surface area contributed by atoms with Crippen LogP contribution in [0.3, 0.4) is 0 Å². The highest BCUT2D eigenvalue weighted by atomic mass is 16.4. The van der Waals surface area contributed by atoms with Crippen molar-refractivity contribution in [3.63, 3.8) is 0 Å². The second-order valence-corrected chi connectivity index (χ2v) is 3.14. The summed E-state index contributed by atoms with van der Waals surface area (Å²) < 4.78 is 0. The quantitative estimate of drug-likeness (QED) is 0.429. The average molecular weight is 185 g/mol. The van der Waals surface area contributed by atoms with Crippen molar-refractivity contribution in [2.75, 3.05) is 0 Å². The van der Waals surface area contributed by atoms with Crippen LogP contribution in [-0.4, -0.2) is 10.9 Å². The molecule has 0 heterocycles. The molecule has 1 aromatic carbocycles. The zero-order chi connectivity index (χ0) is 9.80. The van der Waals surface area contributed by atoms with E-state index >= 15 is 0 Å². The molecule has 2 heteroatoms. The van der Waals surface area contributed by atoms with E-state index in [-0.39, 0.29) is 0 Å². The average Bonchev–Trinajstić information content (AvgIpc) is 2.74. The standard InChI is InChI=1S/C12H11NO/c14-13-12(11-8-4-5-9-11)10-6-2-1-3-7-10/h1-8,14H,9H2/b13-12+. The molecular weight excluding hydrogens is 174 g/mol. The molecular formula is C12H11NO. The van der Waals surface area contributed by atoms with E-state index in [0.29, 0.717) is 5.71 Å². The molecule has 0 fully saturated rings. The zero-order valence-corrected chi connectivity index (χ0v) is 7.72. The van der Waals surface area contributed by atoms with Gasteiger partial charge in [-0.05, 0) is 12.0 Å². The molecule has 0 aromatic heterocycles. The first-order chi connectivity index (χ1) is 6.92. The van der Waals surface area contributed by atoms with Gasteiger partial charge in [0.05, 0.1) is 0 Å². The monoisotopic (exact) mass is 185 g/mol. The fourth-order valence-electron chi connectivity index (χ4n) is 1.53. The van der Waals surface area contributed by atoms with E-state index in [2.05, 4.69) is 5.16 Å². The number of rotatable bonds is 2. The number of hydrogen-bond donors (Lipinski definition) is 1. The summed E-state index contributed by atoms with van der Waals surface area (Å²) >= 11 is 0. The summed E-state index contributed by atoms with van der Waals surface area (Å²) in [5.74, 6) is 0. The number of hydrogen-bond acceptors (Lipinski definition) is 2. The van der Waals surface area contributed by atoms with Crippen LogP contribution in [0, 0.1) is 0 Å². The molecule has 2 nitrogen and oxygen atoms in total. The highest BCUT2D eigenvalue weighted by Gasteiger charge is 2.10. The molecule has 70 valence electrons. The van der Waals surface area contributed by atoms with Gasteiger partial charge in [0.2, 0.25) is 0 Å². The van der Waals surface area contributed by atoms with E-state index in [9.17, 15) is 0 Å². The Hall–Kier alpha value is -1.83. The summed E-state index contributed by atoms with van der Waals surface area (Å²) in [6, 6.07) is 9.69. The molecule has 0 bridgehead atoms. The number of allylic oxidation sites excluding steroid dienone is 4. The highest BCUT2D eigenvalue weighted by molar-refractivity contribution is 6.12. The predicted octanol–water partition coefficient (Wildman–Crippen LogP) is 2.75. The Morgan fingerprint density at radius 2 is 2.00 bits per heavy atom. The Morgan fingerprint density at radius 3 is 2.57 bits per heavy atom. The van der Waals surface area contributed by atoms with Crippen molar-refractivity contribution in [3.8, 4) is 0 Å². The van der Waals surface area contributed by atoms with E-state index in [1.54, 1.807) is 0 Å². The van der Waals surface area contributed by atoms with Crippen molar-refractivity contribution >= 4 is 5.71 Å². The molecule has 1 aromatic rings. The minimum Gasteiger partial charge on any atom is -0.410 e. The van der Waals surface area contributed by atoms with Crippen molar-refractivity contribution < 1.29 is 5.21 Å². The Kier molecular flexibility index (Phi) is 2.45. The number of nitrogens with zero attached hydrogens (tertiary/aromatic N) is 1. The third-order valence-electron chi connectivity index (χ3n) is 2.22. The van der Waals surface area contributed by atoms with Gasteiger partial charge in [-0.2, -0.15) is 0 Å². The van der Waals surface area contributed by atoms with E-state index in [4.69, 9.17) is 5.21 Å². The molecule has 14 heavy (non-hydrogen) atoms. The topological polar surface area (TPSA) is 32.6 Å². The van der Waals surface area contributed by atoms with Crippen molar-refractivity contribution in [3.05, 3.63) is 59.7 Å². The maximum atomic E-state index is 8.96. The van der Waals surface area contributed by atoms with Gasteiger partial charge in [-0.15, -0.1) is 0 Å². The highest BCUT2D eigenvalue weighted by Crippen LogP contribution is 2.17. The Labute approximate surface area is 82.9 Å². The lowest BCUT2D eigenvalue weighted by atomic mass is 10.0. The van der Waals surface area contributed by atoms with E-state index < -0.39 is 0 Å². The Balaban J connectivity index is 2.32. The maximum absolute atomic E-state index is 8.96. The second-order valence-electron chi connectivity index (χ2n) is 3.14. The third-order valence-corrected chi connectivity index (χ3v) is 2.22. The van der Waals surface area contributed by atoms with Gasteiger partial charge < -0.3 is 5.21 Å². The van der Waals surface area contributed by atoms with Gasteiger partial charge in [0.1, 0.15) is 5.71 Å². The van der Waals surface area contributed by atoms with Crippen molar-refractivity contribution in [1.29, 1.82) is 0 Å². The van der Waals surface area contributed by atoms with Crippen molar-refractivity contribution in [2.24, 2.45) is 5.16 Å². The summed E-state index contributed by atoms with van der Waals surface area (Å²) in [5.41, 5.74) is 2.67. The summed E-state index contributed by atoms with van der Waals surface area (Å²) in [7, 11) is 0. The largest absolute Gasteiger partial charge is 0.410 e. The summed E-state index contributed by atoms with van der Waals surface area (Å²) in [6.45, 7) is 0. The van der Waals surface area contributed by atoms with E-state index in [1.807, 2.05) is 48.6 Å². The van der Waals surface area contributed by atoms with Gasteiger partial charge in [0.15, 0.2) is 0 Å². The molecule has 1 aliphatic rings. The van der Waals surface area contributed by atoms with Crippen LogP contribution in [0.2, 0.25) is 0 Å². The summed E-state index contributed by atoms with van der Waals surface area (Å²) in [4.78, 5) is 0. The minimum atomic E-state index is 0.663. The lowest BCUT2D eigenvalue weighted by molar-refractivity contribution is 0.319. The molecule has 0 unspecified atom stereocenters. The minimum absolute atomic E-state index is 0.663. The number of oxime groups is 1. The Morgan fingerprint density at radius 1 is 1.21 bits per heavy atom. The normalized spacial score (nSPS) is 15.7. The first kappa shape index (κ1) is 8.75. The molecule has 0 radical (unpaired) electrons. The number of benzene rings is 1. The van der Waals surface area contributed by atoms with Gasteiger partial charge in [-0.1, -0.05) is 53.7 Å². The van der Waals surface area contributed by atoms with Crippen LogP contribution in [0.15, 0.2) is 59.3 Å². The Bertz CT molecular complexity index is 402. The predicted molar refractivity (Wildman–Crippen MR) is 56.6 cm³/mol. The fourth-order valence-corrected chi connectivity index (χ4v) is 1.53. The van der Waals surface area contributed by atoms with Gasteiger partial charge in [0, 0.05) is 5.56 Å². The van der Waals surface area contributed by atoms with Crippen LogP contribution in [0.5, 0.6) is 0 Å². The molecule has 0 amide bonds. The molecule has 1 N–H and O–H groups in total. The molecule has 0 saturated heterocycles. The SMILES string of the molecule is O/N=C(/C1=CC=CC1)c1ccccc1. The smallest absolute Gasteiger partial charge is 0.113 e. The molecule has 1 aliphatic carbocycles. The van der Waals surface area contributed by atoms with E-state index in [1.165, 1.54) is 0 Å². The maximum Gasteiger partial charge on any atom is 0.113 e. The molecule has 0 spiro atoms. The van der Waals surface area contributed by atoms with Crippen LogP contribution >= 0.6 is 0 Å². The third kappa shape index (κ3) is 1.59.